The molecule has 1 aliphatic carbocycles. The highest BCUT2D eigenvalue weighted by Crippen LogP contribution is 2.45. The van der Waals surface area contributed by atoms with Gasteiger partial charge in [0.05, 0.1) is 0 Å². The number of nitrogens with one attached hydrogen (secondary N) is 1. The average Bonchev–Trinajstić information content (AvgIpc) is 2.72. The Labute approximate surface area is 98.3 Å². The summed E-state index contributed by atoms with van der Waals surface area (Å²) >= 11 is 0. The zero-order chi connectivity index (χ0) is 11.2. The van der Waals surface area contributed by atoms with Crippen molar-refractivity contribution in [1.29, 1.82) is 0 Å². The zero-order valence-corrected chi connectivity index (χ0v) is 10.3. The molecule has 1 saturated carbocycles. The molecule has 1 aromatic rings. The molecule has 0 amide bonds. The van der Waals surface area contributed by atoms with Crippen molar-refractivity contribution in [2.45, 2.75) is 51.5 Å². The van der Waals surface area contributed by atoms with Crippen molar-refractivity contribution in [3.63, 3.8) is 0 Å². The minimum absolute atomic E-state index is 0.416. The SMILES string of the molecule is Cc1cccc2c1NC1(CCCC1)[C@H](C)C2. The summed E-state index contributed by atoms with van der Waals surface area (Å²) in [4.78, 5) is 0. The van der Waals surface area contributed by atoms with E-state index < -0.39 is 0 Å². The van der Waals surface area contributed by atoms with Crippen LogP contribution >= 0.6 is 0 Å². The lowest BCUT2D eigenvalue weighted by Crippen LogP contribution is -2.46. The van der Waals surface area contributed by atoms with Gasteiger partial charge in [0.15, 0.2) is 0 Å². The van der Waals surface area contributed by atoms with Crippen LogP contribution in [0.15, 0.2) is 18.2 Å². The molecular formula is C15H21N. The number of anilines is 1. The fraction of sp³-hybridized carbons (Fsp3) is 0.600. The first kappa shape index (κ1) is 10.2. The van der Waals surface area contributed by atoms with E-state index in [0.717, 1.165) is 5.92 Å². The minimum atomic E-state index is 0.416. The molecule has 1 aliphatic heterocycles. The molecule has 1 spiro atoms. The van der Waals surface area contributed by atoms with Gasteiger partial charge in [0, 0.05) is 11.2 Å². The summed E-state index contributed by atoms with van der Waals surface area (Å²) in [5, 5.41) is 3.89. The Kier molecular flexibility index (Phi) is 2.24. The van der Waals surface area contributed by atoms with Gasteiger partial charge in [-0.3, -0.25) is 0 Å². The molecule has 2 aliphatic rings. The van der Waals surface area contributed by atoms with Gasteiger partial charge in [-0.1, -0.05) is 38.0 Å². The van der Waals surface area contributed by atoms with E-state index in [4.69, 9.17) is 0 Å². The second-order valence-electron chi connectivity index (χ2n) is 5.70. The van der Waals surface area contributed by atoms with Crippen molar-refractivity contribution in [3.8, 4) is 0 Å². The Bertz CT molecular complexity index is 402. The van der Waals surface area contributed by atoms with Crippen LogP contribution in [0.5, 0.6) is 0 Å². The van der Waals surface area contributed by atoms with Gasteiger partial charge in [0.1, 0.15) is 0 Å². The smallest absolute Gasteiger partial charge is 0.0406 e. The molecule has 0 unspecified atom stereocenters. The van der Waals surface area contributed by atoms with Crippen molar-refractivity contribution < 1.29 is 0 Å². The van der Waals surface area contributed by atoms with Gasteiger partial charge >= 0.3 is 0 Å². The standard InChI is InChI=1S/C15H21N/c1-11-6-5-7-13-10-12(2)15(16-14(11)13)8-3-4-9-15/h5-7,12,16H,3-4,8-10H2,1-2H3/t12-/m1/s1. The highest BCUT2D eigenvalue weighted by Gasteiger charge is 2.42. The van der Waals surface area contributed by atoms with Gasteiger partial charge in [0.25, 0.3) is 0 Å². The summed E-state index contributed by atoms with van der Waals surface area (Å²) in [6, 6.07) is 6.70. The number of rotatable bonds is 0. The molecule has 1 N–H and O–H groups in total. The van der Waals surface area contributed by atoms with Crippen LogP contribution in [-0.4, -0.2) is 5.54 Å². The fourth-order valence-corrected chi connectivity index (χ4v) is 3.60. The first-order chi connectivity index (χ1) is 7.71. The molecule has 1 aromatic carbocycles. The number of fused-ring (bicyclic) bond motifs is 1. The van der Waals surface area contributed by atoms with Crippen LogP contribution in [0, 0.1) is 12.8 Å². The lowest BCUT2D eigenvalue weighted by Gasteiger charge is -2.43. The lowest BCUT2D eigenvalue weighted by molar-refractivity contribution is 0.313. The van der Waals surface area contributed by atoms with Gasteiger partial charge < -0.3 is 5.32 Å². The second kappa shape index (κ2) is 3.51. The van der Waals surface area contributed by atoms with Gasteiger partial charge in [-0.25, -0.2) is 0 Å². The molecule has 0 aromatic heterocycles. The Morgan fingerprint density at radius 3 is 2.75 bits per heavy atom. The molecule has 0 saturated heterocycles. The highest BCUT2D eigenvalue weighted by atomic mass is 15.0. The maximum Gasteiger partial charge on any atom is 0.0406 e. The van der Waals surface area contributed by atoms with Crippen LogP contribution in [0.25, 0.3) is 0 Å². The first-order valence-corrected chi connectivity index (χ1v) is 6.58. The Morgan fingerprint density at radius 2 is 2.00 bits per heavy atom. The van der Waals surface area contributed by atoms with E-state index >= 15 is 0 Å². The summed E-state index contributed by atoms with van der Waals surface area (Å²) in [5.41, 5.74) is 4.78. The molecule has 86 valence electrons. The molecule has 16 heavy (non-hydrogen) atoms. The summed E-state index contributed by atoms with van der Waals surface area (Å²) in [7, 11) is 0. The summed E-state index contributed by atoms with van der Waals surface area (Å²) in [6.45, 7) is 4.65. The first-order valence-electron chi connectivity index (χ1n) is 6.58. The second-order valence-corrected chi connectivity index (χ2v) is 5.70. The van der Waals surface area contributed by atoms with Gasteiger partial charge in [-0.15, -0.1) is 0 Å². The Morgan fingerprint density at radius 1 is 1.25 bits per heavy atom. The van der Waals surface area contributed by atoms with E-state index in [0.29, 0.717) is 5.54 Å². The molecule has 0 radical (unpaired) electrons. The van der Waals surface area contributed by atoms with E-state index in [2.05, 4.69) is 37.4 Å². The largest absolute Gasteiger partial charge is 0.379 e. The fourth-order valence-electron chi connectivity index (χ4n) is 3.60. The molecular weight excluding hydrogens is 194 g/mol. The molecule has 3 rings (SSSR count). The summed E-state index contributed by atoms with van der Waals surface area (Å²) in [6.07, 6.45) is 6.78. The normalized spacial score (nSPS) is 26.5. The predicted octanol–water partition coefficient (Wildman–Crippen LogP) is 3.91. The zero-order valence-electron chi connectivity index (χ0n) is 10.3. The average molecular weight is 215 g/mol. The Hall–Kier alpha value is -0.980. The number of hydrogen-bond donors (Lipinski definition) is 1. The van der Waals surface area contributed by atoms with Crippen molar-refractivity contribution in [3.05, 3.63) is 29.3 Å². The van der Waals surface area contributed by atoms with E-state index in [1.165, 1.54) is 48.9 Å². The topological polar surface area (TPSA) is 12.0 Å². The van der Waals surface area contributed by atoms with E-state index in [-0.39, 0.29) is 0 Å². The molecule has 1 heteroatoms. The van der Waals surface area contributed by atoms with Crippen LogP contribution in [0.4, 0.5) is 5.69 Å². The van der Waals surface area contributed by atoms with Crippen LogP contribution < -0.4 is 5.32 Å². The third-order valence-electron chi connectivity index (χ3n) is 4.70. The van der Waals surface area contributed by atoms with E-state index in [9.17, 15) is 0 Å². The third-order valence-corrected chi connectivity index (χ3v) is 4.70. The predicted molar refractivity (Wildman–Crippen MR) is 68.9 cm³/mol. The monoisotopic (exact) mass is 215 g/mol. The van der Waals surface area contributed by atoms with Gasteiger partial charge in [0.2, 0.25) is 0 Å². The van der Waals surface area contributed by atoms with E-state index in [1.54, 1.807) is 0 Å². The Balaban J connectivity index is 2.03. The highest BCUT2D eigenvalue weighted by molar-refractivity contribution is 5.61. The molecule has 1 nitrogen and oxygen atoms in total. The van der Waals surface area contributed by atoms with Crippen molar-refractivity contribution in [2.75, 3.05) is 5.32 Å². The van der Waals surface area contributed by atoms with Crippen molar-refractivity contribution >= 4 is 5.69 Å². The van der Waals surface area contributed by atoms with Crippen molar-refractivity contribution in [1.82, 2.24) is 0 Å². The molecule has 1 atom stereocenters. The molecule has 0 bridgehead atoms. The van der Waals surface area contributed by atoms with Crippen molar-refractivity contribution in [2.24, 2.45) is 5.92 Å². The number of benzene rings is 1. The molecule has 1 fully saturated rings. The summed E-state index contributed by atoms with van der Waals surface area (Å²) < 4.78 is 0. The maximum atomic E-state index is 3.89. The van der Waals surface area contributed by atoms with Crippen LogP contribution in [0.2, 0.25) is 0 Å². The van der Waals surface area contributed by atoms with E-state index in [1.807, 2.05) is 0 Å². The number of para-hydroxylation sites is 1. The van der Waals surface area contributed by atoms with Crippen LogP contribution in [-0.2, 0) is 6.42 Å². The minimum Gasteiger partial charge on any atom is -0.379 e. The van der Waals surface area contributed by atoms with Crippen LogP contribution in [0.1, 0.15) is 43.7 Å². The quantitative estimate of drug-likeness (QED) is 0.692. The van der Waals surface area contributed by atoms with Gasteiger partial charge in [-0.05, 0) is 43.2 Å². The maximum absolute atomic E-state index is 3.89. The number of aryl methyl sites for hydroxylation is 1. The molecule has 1 heterocycles. The van der Waals surface area contributed by atoms with Gasteiger partial charge in [-0.2, -0.15) is 0 Å². The van der Waals surface area contributed by atoms with Crippen LogP contribution in [0.3, 0.4) is 0 Å². The summed E-state index contributed by atoms with van der Waals surface area (Å²) in [5.74, 6) is 0.782. The lowest BCUT2D eigenvalue weighted by atomic mass is 9.75. The third kappa shape index (κ3) is 1.37. The number of hydrogen-bond acceptors (Lipinski definition) is 1.